The number of nitriles is 1. The van der Waals surface area contributed by atoms with Crippen LogP contribution in [0.25, 0.3) is 0 Å². The highest BCUT2D eigenvalue weighted by atomic mass is 19.1. The Hall–Kier alpha value is -3.49. The third-order valence-corrected chi connectivity index (χ3v) is 5.79. The van der Waals surface area contributed by atoms with E-state index in [2.05, 4.69) is 10.4 Å². The number of amides is 3. The first-order chi connectivity index (χ1) is 15.4. The summed E-state index contributed by atoms with van der Waals surface area (Å²) in [5.41, 5.74) is 2.18. The van der Waals surface area contributed by atoms with Crippen molar-refractivity contribution in [2.45, 2.75) is 25.9 Å². The third-order valence-electron chi connectivity index (χ3n) is 5.79. The number of hydrogen-bond acceptors (Lipinski definition) is 6. The van der Waals surface area contributed by atoms with Crippen molar-refractivity contribution in [3.05, 3.63) is 46.5 Å². The van der Waals surface area contributed by atoms with Gasteiger partial charge in [0.2, 0.25) is 0 Å². The van der Waals surface area contributed by atoms with Crippen molar-refractivity contribution in [3.8, 4) is 6.07 Å². The molecule has 2 N–H and O–H groups in total. The number of nitrogens with zero attached hydrogens (tertiary/aromatic N) is 6. The lowest BCUT2D eigenvalue weighted by atomic mass is 10.1. The van der Waals surface area contributed by atoms with Crippen molar-refractivity contribution < 1.29 is 19.1 Å². The number of carbonyl (C=O) groups excluding carboxylic acids is 2. The maximum Gasteiger partial charge on any atom is 0.322 e. The van der Waals surface area contributed by atoms with Gasteiger partial charge in [0.25, 0.3) is 5.91 Å². The minimum atomic E-state index is -0.647. The predicted molar refractivity (Wildman–Crippen MR) is 112 cm³/mol. The molecule has 0 unspecified atom stereocenters. The molecule has 0 bridgehead atoms. The van der Waals surface area contributed by atoms with Crippen molar-refractivity contribution in [1.82, 2.24) is 24.7 Å². The van der Waals surface area contributed by atoms with E-state index in [0.29, 0.717) is 50.4 Å². The predicted octanol–water partition coefficient (Wildman–Crippen LogP) is 1.17. The molecule has 10 nitrogen and oxygen atoms in total. The number of rotatable bonds is 4. The molecule has 2 aliphatic heterocycles. The Morgan fingerprint density at radius 3 is 2.91 bits per heavy atom. The Labute approximate surface area is 184 Å². The van der Waals surface area contributed by atoms with Gasteiger partial charge in [0, 0.05) is 51.0 Å². The number of aliphatic hydroxyl groups excluding tert-OH is 1. The van der Waals surface area contributed by atoms with Gasteiger partial charge < -0.3 is 15.3 Å². The number of urea groups is 1. The SMILES string of the molecule is CN1C(=O)c2c3c(nn2CCN1CCCO)CCN(C(=O)Nc1ccc(F)c(C#N)c1)C3. The molecule has 0 radical (unpaired) electrons. The number of nitrogens with one attached hydrogen (secondary N) is 1. The highest BCUT2D eigenvalue weighted by Gasteiger charge is 2.34. The van der Waals surface area contributed by atoms with Crippen molar-refractivity contribution in [2.75, 3.05) is 38.6 Å². The van der Waals surface area contributed by atoms with E-state index in [-0.39, 0.29) is 24.6 Å². The van der Waals surface area contributed by atoms with Crippen LogP contribution in [0.15, 0.2) is 18.2 Å². The van der Waals surface area contributed by atoms with Crippen molar-refractivity contribution >= 4 is 17.6 Å². The molecule has 0 aliphatic carbocycles. The maximum absolute atomic E-state index is 13.5. The molecule has 0 fully saturated rings. The Morgan fingerprint density at radius 1 is 1.34 bits per heavy atom. The summed E-state index contributed by atoms with van der Waals surface area (Å²) in [5, 5.41) is 28.8. The van der Waals surface area contributed by atoms with Gasteiger partial charge in [-0.3, -0.25) is 14.5 Å². The van der Waals surface area contributed by atoms with Crippen LogP contribution in [0.5, 0.6) is 0 Å². The van der Waals surface area contributed by atoms with Gasteiger partial charge >= 0.3 is 6.03 Å². The molecular formula is C21H24FN7O3. The third kappa shape index (κ3) is 4.02. The van der Waals surface area contributed by atoms with E-state index in [4.69, 9.17) is 10.4 Å². The molecule has 1 aromatic heterocycles. The average Bonchev–Trinajstić information content (AvgIpc) is 3.11. The second-order valence-corrected chi connectivity index (χ2v) is 7.76. The van der Waals surface area contributed by atoms with Gasteiger partial charge in [-0.1, -0.05) is 0 Å². The average molecular weight is 441 g/mol. The fourth-order valence-corrected chi connectivity index (χ4v) is 4.05. The van der Waals surface area contributed by atoms with Crippen LogP contribution in [0, 0.1) is 17.1 Å². The number of anilines is 1. The Morgan fingerprint density at radius 2 is 2.16 bits per heavy atom. The fourth-order valence-electron chi connectivity index (χ4n) is 4.05. The van der Waals surface area contributed by atoms with E-state index in [1.165, 1.54) is 12.1 Å². The van der Waals surface area contributed by atoms with Gasteiger partial charge in [0.05, 0.1) is 24.3 Å². The summed E-state index contributed by atoms with van der Waals surface area (Å²) in [6, 6.07) is 5.17. The molecule has 4 rings (SSSR count). The molecule has 0 saturated carbocycles. The number of fused-ring (bicyclic) bond motifs is 3. The van der Waals surface area contributed by atoms with Gasteiger partial charge in [-0.25, -0.2) is 14.2 Å². The number of hydrazine groups is 1. The van der Waals surface area contributed by atoms with Gasteiger partial charge in [0.1, 0.15) is 17.6 Å². The van der Waals surface area contributed by atoms with E-state index < -0.39 is 11.8 Å². The summed E-state index contributed by atoms with van der Waals surface area (Å²) in [6.45, 7) is 2.37. The van der Waals surface area contributed by atoms with Crippen molar-refractivity contribution in [1.29, 1.82) is 5.26 Å². The Kier molecular flexibility index (Phi) is 6.07. The Bertz CT molecular complexity index is 1090. The van der Waals surface area contributed by atoms with Crippen LogP contribution in [-0.4, -0.2) is 75.0 Å². The highest BCUT2D eigenvalue weighted by Crippen LogP contribution is 2.26. The Balaban J connectivity index is 1.52. The fraction of sp³-hybridized carbons (Fsp3) is 0.429. The molecule has 168 valence electrons. The molecule has 0 saturated heterocycles. The van der Waals surface area contributed by atoms with E-state index in [1.807, 2.05) is 5.01 Å². The summed E-state index contributed by atoms with van der Waals surface area (Å²) in [4.78, 5) is 27.6. The maximum atomic E-state index is 13.5. The zero-order valence-corrected chi connectivity index (χ0v) is 17.7. The summed E-state index contributed by atoms with van der Waals surface area (Å²) < 4.78 is 15.3. The van der Waals surface area contributed by atoms with Crippen molar-refractivity contribution in [3.63, 3.8) is 0 Å². The van der Waals surface area contributed by atoms with Crippen LogP contribution in [-0.2, 0) is 19.5 Å². The van der Waals surface area contributed by atoms with Gasteiger partial charge in [-0.05, 0) is 24.6 Å². The van der Waals surface area contributed by atoms with Crippen LogP contribution >= 0.6 is 0 Å². The largest absolute Gasteiger partial charge is 0.396 e. The first-order valence-electron chi connectivity index (χ1n) is 10.4. The highest BCUT2D eigenvalue weighted by molar-refractivity contribution is 5.95. The number of halogens is 1. The van der Waals surface area contributed by atoms with E-state index in [0.717, 1.165) is 17.3 Å². The molecule has 3 heterocycles. The van der Waals surface area contributed by atoms with Crippen molar-refractivity contribution in [2.24, 2.45) is 0 Å². The molecule has 32 heavy (non-hydrogen) atoms. The molecule has 2 aliphatic rings. The molecule has 11 heteroatoms. The normalized spacial score (nSPS) is 16.2. The topological polar surface area (TPSA) is 118 Å². The number of carbonyl (C=O) groups is 2. The zero-order chi connectivity index (χ0) is 22.8. The van der Waals surface area contributed by atoms with Crippen LogP contribution in [0.1, 0.15) is 33.7 Å². The van der Waals surface area contributed by atoms with E-state index in [9.17, 15) is 14.0 Å². The molecule has 1 aromatic carbocycles. The second-order valence-electron chi connectivity index (χ2n) is 7.76. The van der Waals surface area contributed by atoms with Crippen LogP contribution in [0.3, 0.4) is 0 Å². The van der Waals surface area contributed by atoms with Crippen LogP contribution in [0.4, 0.5) is 14.9 Å². The van der Waals surface area contributed by atoms with E-state index in [1.54, 1.807) is 27.7 Å². The minimum absolute atomic E-state index is 0.0481. The molecule has 2 aromatic rings. The summed E-state index contributed by atoms with van der Waals surface area (Å²) >= 11 is 0. The summed E-state index contributed by atoms with van der Waals surface area (Å²) in [7, 11) is 1.70. The number of hydrogen-bond donors (Lipinski definition) is 2. The lowest BCUT2D eigenvalue weighted by Gasteiger charge is -2.30. The van der Waals surface area contributed by atoms with E-state index >= 15 is 0 Å². The van der Waals surface area contributed by atoms with Crippen LogP contribution < -0.4 is 5.32 Å². The molecule has 3 amide bonds. The summed E-state index contributed by atoms with van der Waals surface area (Å²) in [6.07, 6.45) is 1.07. The molecular weight excluding hydrogens is 417 g/mol. The quantitative estimate of drug-likeness (QED) is 0.736. The minimum Gasteiger partial charge on any atom is -0.396 e. The lowest BCUT2D eigenvalue weighted by Crippen LogP contribution is -2.44. The standard InChI is InChI=1S/C21H24FN7O3/c1-26-20(31)19-16-13-27(21(32)24-15-3-4-17(22)14(11-15)12-23)7-5-18(16)25-29(19)9-8-28(26)6-2-10-30/h3-4,11,30H,2,5-10,13H2,1H3,(H,24,32). The van der Waals surface area contributed by atoms with Crippen LogP contribution in [0.2, 0.25) is 0 Å². The van der Waals surface area contributed by atoms with Gasteiger partial charge in [0.15, 0.2) is 0 Å². The zero-order valence-electron chi connectivity index (χ0n) is 17.7. The monoisotopic (exact) mass is 441 g/mol. The second kappa shape index (κ2) is 8.94. The summed E-state index contributed by atoms with van der Waals surface area (Å²) in [5.74, 6) is -0.847. The number of aliphatic hydroxyl groups is 1. The first kappa shape index (κ1) is 21.7. The number of aromatic nitrogens is 2. The smallest absolute Gasteiger partial charge is 0.322 e. The van der Waals surface area contributed by atoms with Gasteiger partial charge in [-0.15, -0.1) is 0 Å². The molecule has 0 spiro atoms. The lowest BCUT2D eigenvalue weighted by molar-refractivity contribution is 0.00520. The number of benzene rings is 1. The first-order valence-corrected chi connectivity index (χ1v) is 10.4. The van der Waals surface area contributed by atoms with Gasteiger partial charge in [-0.2, -0.15) is 10.4 Å². The molecule has 0 atom stereocenters.